The number of allylic oxidation sites excluding steroid dienone is 1. The van der Waals surface area contributed by atoms with Crippen LogP contribution in [-0.2, 0) is 0 Å². The average Bonchev–Trinajstić information content (AvgIpc) is 1.38. The molecule has 0 rings (SSSR count). The SMILES string of the molecule is C=CC(C)C.O. The van der Waals surface area contributed by atoms with E-state index < -0.39 is 0 Å². The zero-order chi connectivity index (χ0) is 4.28. The topological polar surface area (TPSA) is 31.5 Å². The van der Waals surface area contributed by atoms with Crippen molar-refractivity contribution in [1.82, 2.24) is 0 Å². The highest BCUT2D eigenvalue weighted by Gasteiger charge is 1.73. The molecule has 0 heterocycles. The smallest absolute Gasteiger partial charge is 0.0293 e. The van der Waals surface area contributed by atoms with E-state index in [1.165, 1.54) is 0 Å². The van der Waals surface area contributed by atoms with Gasteiger partial charge in [0.05, 0.1) is 0 Å². The summed E-state index contributed by atoms with van der Waals surface area (Å²) in [6, 6.07) is 0. The molecule has 1 nitrogen and oxygen atoms in total. The Hall–Kier alpha value is -0.300. The van der Waals surface area contributed by atoms with E-state index in [1.54, 1.807) is 0 Å². The molecule has 0 aliphatic rings. The van der Waals surface area contributed by atoms with Crippen molar-refractivity contribution in [2.24, 2.45) is 5.92 Å². The maximum absolute atomic E-state index is 3.56. The molecule has 2 N–H and O–H groups in total. The lowest BCUT2D eigenvalue weighted by Crippen LogP contribution is -1.71. The molecule has 0 atom stereocenters. The van der Waals surface area contributed by atoms with Gasteiger partial charge in [0.1, 0.15) is 0 Å². The van der Waals surface area contributed by atoms with Crippen molar-refractivity contribution in [2.75, 3.05) is 0 Å². The summed E-state index contributed by atoms with van der Waals surface area (Å²) in [5.74, 6) is 0.648. The van der Waals surface area contributed by atoms with E-state index in [0.717, 1.165) is 0 Å². The van der Waals surface area contributed by atoms with Gasteiger partial charge < -0.3 is 5.48 Å². The van der Waals surface area contributed by atoms with E-state index in [2.05, 4.69) is 20.4 Å². The van der Waals surface area contributed by atoms with Gasteiger partial charge in [0.2, 0.25) is 0 Å². The summed E-state index contributed by atoms with van der Waals surface area (Å²) in [6.07, 6.45) is 1.92. The third-order valence-electron chi connectivity index (χ3n) is 0.471. The molecule has 0 bridgehead atoms. The van der Waals surface area contributed by atoms with Crippen LogP contribution in [0.5, 0.6) is 0 Å². The molecule has 0 spiro atoms. The summed E-state index contributed by atoms with van der Waals surface area (Å²) < 4.78 is 0. The molecule has 0 aromatic rings. The van der Waals surface area contributed by atoms with Gasteiger partial charge in [-0.25, -0.2) is 0 Å². The van der Waals surface area contributed by atoms with Crippen molar-refractivity contribution in [3.8, 4) is 0 Å². The van der Waals surface area contributed by atoms with Crippen LogP contribution in [0.25, 0.3) is 0 Å². The molecule has 0 saturated heterocycles. The first kappa shape index (κ1) is 9.20. The first-order valence-corrected chi connectivity index (χ1v) is 1.90. The third-order valence-corrected chi connectivity index (χ3v) is 0.471. The van der Waals surface area contributed by atoms with Crippen LogP contribution in [0.2, 0.25) is 0 Å². The quantitative estimate of drug-likeness (QED) is 0.428. The standard InChI is InChI=1S/C5H10.H2O/c1-4-5(2)3;/h4-5H,1H2,2-3H3;1H2. The minimum absolute atomic E-state index is 0. The largest absolute Gasteiger partial charge is 0.412 e. The van der Waals surface area contributed by atoms with Crippen LogP contribution < -0.4 is 0 Å². The molecular formula is C5H12O. The molecule has 38 valence electrons. The van der Waals surface area contributed by atoms with Crippen LogP contribution in [0.1, 0.15) is 13.8 Å². The van der Waals surface area contributed by atoms with Crippen molar-refractivity contribution >= 4 is 0 Å². The normalized spacial score (nSPS) is 7.17. The first-order valence-electron chi connectivity index (χ1n) is 1.90. The molecule has 0 aliphatic heterocycles. The summed E-state index contributed by atoms with van der Waals surface area (Å²) in [4.78, 5) is 0. The average molecular weight is 88.1 g/mol. The second kappa shape index (κ2) is 4.70. The molecule has 1 heteroatoms. The Morgan fingerprint density at radius 3 is 1.67 bits per heavy atom. The molecule has 0 aromatic heterocycles. The zero-order valence-corrected chi connectivity index (χ0v) is 4.36. The minimum Gasteiger partial charge on any atom is -0.412 e. The van der Waals surface area contributed by atoms with Gasteiger partial charge in [-0.3, -0.25) is 0 Å². The highest BCUT2D eigenvalue weighted by Crippen LogP contribution is 1.87. The number of rotatable bonds is 1. The predicted octanol–water partition coefficient (Wildman–Crippen LogP) is 1.00. The molecule has 0 aromatic carbocycles. The Morgan fingerprint density at radius 1 is 1.50 bits per heavy atom. The second-order valence-electron chi connectivity index (χ2n) is 1.48. The van der Waals surface area contributed by atoms with Crippen LogP contribution in [0.4, 0.5) is 0 Å². The van der Waals surface area contributed by atoms with Gasteiger partial charge in [-0.1, -0.05) is 19.9 Å². The lowest BCUT2D eigenvalue weighted by atomic mass is 10.2. The Kier molecular flexibility index (Phi) is 7.20. The maximum Gasteiger partial charge on any atom is -0.0293 e. The summed E-state index contributed by atoms with van der Waals surface area (Å²) in [7, 11) is 0. The molecule has 0 radical (unpaired) electrons. The Morgan fingerprint density at radius 2 is 1.67 bits per heavy atom. The van der Waals surface area contributed by atoms with Crippen LogP contribution in [-0.4, -0.2) is 5.48 Å². The highest BCUT2D eigenvalue weighted by atomic mass is 16.0. The van der Waals surface area contributed by atoms with E-state index in [4.69, 9.17) is 0 Å². The molecule has 0 unspecified atom stereocenters. The van der Waals surface area contributed by atoms with Crippen molar-refractivity contribution in [1.29, 1.82) is 0 Å². The van der Waals surface area contributed by atoms with Crippen LogP contribution >= 0.6 is 0 Å². The monoisotopic (exact) mass is 88.1 g/mol. The maximum atomic E-state index is 3.56. The molecule has 0 saturated carbocycles. The molecule has 0 aliphatic carbocycles. The number of hydrogen-bond acceptors (Lipinski definition) is 0. The van der Waals surface area contributed by atoms with Gasteiger partial charge in [0, 0.05) is 0 Å². The van der Waals surface area contributed by atoms with E-state index in [0.29, 0.717) is 5.92 Å². The predicted molar refractivity (Wildman–Crippen MR) is 28.6 cm³/mol. The molecule has 0 fully saturated rings. The van der Waals surface area contributed by atoms with Crippen molar-refractivity contribution in [3.63, 3.8) is 0 Å². The minimum atomic E-state index is 0. The highest BCUT2D eigenvalue weighted by molar-refractivity contribution is 4.69. The van der Waals surface area contributed by atoms with Gasteiger partial charge in [0.15, 0.2) is 0 Å². The fourth-order valence-electron chi connectivity index (χ4n) is 0. The van der Waals surface area contributed by atoms with Gasteiger partial charge in [-0.15, -0.1) is 6.58 Å². The van der Waals surface area contributed by atoms with Crippen molar-refractivity contribution in [3.05, 3.63) is 12.7 Å². The zero-order valence-electron chi connectivity index (χ0n) is 4.36. The fourth-order valence-corrected chi connectivity index (χ4v) is 0. The summed E-state index contributed by atoms with van der Waals surface area (Å²) in [6.45, 7) is 7.77. The second-order valence-corrected chi connectivity index (χ2v) is 1.48. The molecular weight excluding hydrogens is 76.1 g/mol. The fraction of sp³-hybridized carbons (Fsp3) is 0.600. The van der Waals surface area contributed by atoms with Gasteiger partial charge >= 0.3 is 0 Å². The van der Waals surface area contributed by atoms with Crippen LogP contribution in [0.3, 0.4) is 0 Å². The van der Waals surface area contributed by atoms with Crippen LogP contribution in [0, 0.1) is 5.92 Å². The lowest BCUT2D eigenvalue weighted by molar-refractivity contribution is 0.824. The van der Waals surface area contributed by atoms with E-state index in [9.17, 15) is 0 Å². The van der Waals surface area contributed by atoms with Gasteiger partial charge in [-0.05, 0) is 5.92 Å². The van der Waals surface area contributed by atoms with Gasteiger partial charge in [0.25, 0.3) is 0 Å². The van der Waals surface area contributed by atoms with Crippen LogP contribution in [0.15, 0.2) is 12.7 Å². The Labute approximate surface area is 39.0 Å². The first-order chi connectivity index (χ1) is 2.27. The third kappa shape index (κ3) is 9.33. The molecule has 6 heavy (non-hydrogen) atoms. The van der Waals surface area contributed by atoms with Gasteiger partial charge in [-0.2, -0.15) is 0 Å². The Balaban J connectivity index is 0. The van der Waals surface area contributed by atoms with E-state index in [-0.39, 0.29) is 5.48 Å². The lowest BCUT2D eigenvalue weighted by Gasteiger charge is -1.84. The van der Waals surface area contributed by atoms with E-state index in [1.807, 2.05) is 6.08 Å². The summed E-state index contributed by atoms with van der Waals surface area (Å²) >= 11 is 0. The van der Waals surface area contributed by atoms with Crippen molar-refractivity contribution < 1.29 is 5.48 Å². The van der Waals surface area contributed by atoms with Crippen molar-refractivity contribution in [2.45, 2.75) is 13.8 Å². The number of hydrogen-bond donors (Lipinski definition) is 0. The Bertz CT molecular complexity index is 30.9. The summed E-state index contributed by atoms with van der Waals surface area (Å²) in [5, 5.41) is 0. The van der Waals surface area contributed by atoms with E-state index >= 15 is 0 Å². The summed E-state index contributed by atoms with van der Waals surface area (Å²) in [5.41, 5.74) is 0. The molecule has 0 amide bonds.